The molecule has 17 heavy (non-hydrogen) atoms. The number of aliphatic carboxylic acids is 1. The molecule has 1 unspecified atom stereocenters. The van der Waals surface area contributed by atoms with E-state index in [0.717, 1.165) is 32.2 Å². The molecule has 0 spiro atoms. The fourth-order valence-corrected chi connectivity index (χ4v) is 3.08. The van der Waals surface area contributed by atoms with Gasteiger partial charge in [0.25, 0.3) is 0 Å². The first-order chi connectivity index (χ1) is 8.16. The summed E-state index contributed by atoms with van der Waals surface area (Å²) in [6.07, 6.45) is 5.42. The van der Waals surface area contributed by atoms with Crippen molar-refractivity contribution in [3.63, 3.8) is 0 Å². The Bertz CT molecular complexity index is 261. The molecule has 1 aliphatic carbocycles. The maximum absolute atomic E-state index is 10.7. The summed E-state index contributed by atoms with van der Waals surface area (Å²) in [5.74, 6) is -0.912. The Balaban J connectivity index is 1.72. The quantitative estimate of drug-likeness (QED) is 0.773. The minimum Gasteiger partial charge on any atom is -0.480 e. The van der Waals surface area contributed by atoms with Gasteiger partial charge in [-0.3, -0.25) is 14.6 Å². The number of nitrogens with zero attached hydrogens (tertiary/aromatic N) is 2. The van der Waals surface area contributed by atoms with Crippen LogP contribution >= 0.6 is 11.6 Å². The van der Waals surface area contributed by atoms with Gasteiger partial charge in [0.2, 0.25) is 0 Å². The lowest BCUT2D eigenvalue weighted by atomic mass is 10.2. The van der Waals surface area contributed by atoms with Crippen LogP contribution in [0.2, 0.25) is 0 Å². The molecule has 0 aromatic heterocycles. The summed E-state index contributed by atoms with van der Waals surface area (Å²) in [6, 6.07) is 0.781. The number of rotatable bonds is 4. The number of carboxylic acids is 1. The number of hydrogen-bond acceptors (Lipinski definition) is 3. The number of carbonyl (C=O) groups is 1. The molecule has 2 aliphatic rings. The van der Waals surface area contributed by atoms with Crippen molar-refractivity contribution < 1.29 is 9.90 Å². The molecule has 2 rings (SSSR count). The normalized spacial score (nSPS) is 26.2. The second-order valence-electron chi connectivity index (χ2n) is 5.08. The predicted molar refractivity (Wildman–Crippen MR) is 67.5 cm³/mol. The van der Waals surface area contributed by atoms with Gasteiger partial charge in [-0.2, -0.15) is 0 Å². The van der Waals surface area contributed by atoms with E-state index in [1.54, 1.807) is 0 Å². The summed E-state index contributed by atoms with van der Waals surface area (Å²) in [5.41, 5.74) is 0. The van der Waals surface area contributed by atoms with Crippen LogP contribution in [0.15, 0.2) is 0 Å². The van der Waals surface area contributed by atoms with Crippen LogP contribution < -0.4 is 0 Å². The highest BCUT2D eigenvalue weighted by atomic mass is 35.5. The average Bonchev–Trinajstić information content (AvgIpc) is 2.83. The van der Waals surface area contributed by atoms with Gasteiger partial charge in [-0.25, -0.2) is 0 Å². The minimum atomic E-state index is -0.912. The van der Waals surface area contributed by atoms with Gasteiger partial charge in [0, 0.05) is 38.8 Å². The van der Waals surface area contributed by atoms with Crippen molar-refractivity contribution >= 4 is 17.6 Å². The maximum atomic E-state index is 10.7. The number of carboxylic acid groups (broad SMARTS) is 1. The molecule has 0 radical (unpaired) electrons. The van der Waals surface area contributed by atoms with E-state index in [0.29, 0.717) is 6.54 Å². The lowest BCUT2D eigenvalue weighted by Crippen LogP contribution is -2.51. The zero-order valence-electron chi connectivity index (χ0n) is 10.1. The Morgan fingerprint density at radius 3 is 2.35 bits per heavy atom. The summed E-state index contributed by atoms with van der Waals surface area (Å²) >= 11 is 5.76. The molecule has 1 heterocycles. The molecular weight excluding hydrogens is 240 g/mol. The number of piperazine rings is 1. The van der Waals surface area contributed by atoms with E-state index in [4.69, 9.17) is 16.7 Å². The fraction of sp³-hybridized carbons (Fsp3) is 0.917. The Hall–Kier alpha value is -0.320. The Labute approximate surface area is 108 Å². The van der Waals surface area contributed by atoms with Crippen molar-refractivity contribution in [1.29, 1.82) is 0 Å². The Morgan fingerprint density at radius 1 is 1.24 bits per heavy atom. The van der Waals surface area contributed by atoms with Gasteiger partial charge in [-0.1, -0.05) is 12.8 Å². The van der Waals surface area contributed by atoms with Crippen molar-refractivity contribution in [2.75, 3.05) is 32.7 Å². The summed E-state index contributed by atoms with van der Waals surface area (Å²) in [4.78, 5) is 15.4. The van der Waals surface area contributed by atoms with Gasteiger partial charge in [0.05, 0.1) is 0 Å². The second kappa shape index (κ2) is 6.03. The van der Waals surface area contributed by atoms with Gasteiger partial charge in [-0.15, -0.1) is 11.6 Å². The van der Waals surface area contributed by atoms with E-state index in [1.165, 1.54) is 25.7 Å². The van der Waals surface area contributed by atoms with Crippen molar-refractivity contribution in [3.8, 4) is 0 Å². The molecule has 98 valence electrons. The molecule has 1 aliphatic heterocycles. The lowest BCUT2D eigenvalue weighted by molar-refractivity contribution is -0.137. The van der Waals surface area contributed by atoms with Crippen LogP contribution in [0, 0.1) is 0 Å². The first-order valence-corrected chi connectivity index (χ1v) is 6.94. The standard InChI is InChI=1S/C12H21ClN2O2/c13-11(12(16)17)9-14-5-7-15(8-6-14)10-3-1-2-4-10/h10-11H,1-9H2,(H,16,17). The second-order valence-corrected chi connectivity index (χ2v) is 5.61. The highest BCUT2D eigenvalue weighted by molar-refractivity contribution is 6.29. The van der Waals surface area contributed by atoms with Crippen molar-refractivity contribution in [2.24, 2.45) is 0 Å². The van der Waals surface area contributed by atoms with Crippen LogP contribution in [0.1, 0.15) is 25.7 Å². The molecule has 0 amide bonds. The Kier molecular flexibility index (Phi) is 4.65. The average molecular weight is 261 g/mol. The number of alkyl halides is 1. The smallest absolute Gasteiger partial charge is 0.322 e. The lowest BCUT2D eigenvalue weighted by Gasteiger charge is -2.38. The highest BCUT2D eigenvalue weighted by Gasteiger charge is 2.27. The van der Waals surface area contributed by atoms with Crippen molar-refractivity contribution in [2.45, 2.75) is 37.1 Å². The molecule has 1 N–H and O–H groups in total. The molecule has 1 saturated heterocycles. The summed E-state index contributed by atoms with van der Waals surface area (Å²) in [5, 5.41) is 8.00. The molecule has 0 bridgehead atoms. The van der Waals surface area contributed by atoms with Gasteiger partial charge < -0.3 is 5.11 Å². The molecule has 1 atom stereocenters. The van der Waals surface area contributed by atoms with Gasteiger partial charge in [0.15, 0.2) is 0 Å². The first kappa shape index (κ1) is 13.1. The topological polar surface area (TPSA) is 43.8 Å². The van der Waals surface area contributed by atoms with Crippen molar-refractivity contribution in [1.82, 2.24) is 9.80 Å². The summed E-state index contributed by atoms with van der Waals surface area (Å²) in [7, 11) is 0. The molecule has 1 saturated carbocycles. The largest absolute Gasteiger partial charge is 0.480 e. The van der Waals surface area contributed by atoms with E-state index in [-0.39, 0.29) is 0 Å². The molecule has 4 nitrogen and oxygen atoms in total. The third-order valence-corrected chi connectivity index (χ3v) is 4.26. The minimum absolute atomic E-state index is 0.468. The summed E-state index contributed by atoms with van der Waals surface area (Å²) in [6.45, 7) is 4.50. The molecule has 0 aromatic carbocycles. The SMILES string of the molecule is O=C(O)C(Cl)CN1CCN(C2CCCC2)CC1. The number of halogens is 1. The van der Waals surface area contributed by atoms with E-state index < -0.39 is 11.3 Å². The van der Waals surface area contributed by atoms with E-state index in [9.17, 15) is 4.79 Å². The Morgan fingerprint density at radius 2 is 1.82 bits per heavy atom. The predicted octanol–water partition coefficient (Wildman–Crippen LogP) is 1.24. The first-order valence-electron chi connectivity index (χ1n) is 6.50. The van der Waals surface area contributed by atoms with E-state index in [2.05, 4.69) is 9.80 Å². The fourth-order valence-electron chi connectivity index (χ4n) is 2.89. The number of hydrogen-bond donors (Lipinski definition) is 1. The maximum Gasteiger partial charge on any atom is 0.322 e. The van der Waals surface area contributed by atoms with Crippen LogP contribution in [0.4, 0.5) is 0 Å². The van der Waals surface area contributed by atoms with Crippen LogP contribution in [0.5, 0.6) is 0 Å². The van der Waals surface area contributed by atoms with Crippen LogP contribution in [0.25, 0.3) is 0 Å². The zero-order valence-corrected chi connectivity index (χ0v) is 10.9. The van der Waals surface area contributed by atoms with E-state index in [1.807, 2.05) is 0 Å². The third kappa shape index (κ3) is 3.57. The van der Waals surface area contributed by atoms with Gasteiger partial charge >= 0.3 is 5.97 Å². The van der Waals surface area contributed by atoms with Gasteiger partial charge in [-0.05, 0) is 12.8 Å². The van der Waals surface area contributed by atoms with Crippen LogP contribution in [-0.4, -0.2) is 65.0 Å². The van der Waals surface area contributed by atoms with Crippen molar-refractivity contribution in [3.05, 3.63) is 0 Å². The van der Waals surface area contributed by atoms with E-state index >= 15 is 0 Å². The monoisotopic (exact) mass is 260 g/mol. The van der Waals surface area contributed by atoms with Crippen LogP contribution in [0.3, 0.4) is 0 Å². The van der Waals surface area contributed by atoms with Crippen LogP contribution in [-0.2, 0) is 4.79 Å². The van der Waals surface area contributed by atoms with Gasteiger partial charge in [0.1, 0.15) is 5.38 Å². The third-order valence-electron chi connectivity index (χ3n) is 3.93. The highest BCUT2D eigenvalue weighted by Crippen LogP contribution is 2.24. The molecular formula is C12H21ClN2O2. The zero-order chi connectivity index (χ0) is 12.3. The molecule has 2 fully saturated rings. The molecule has 5 heteroatoms. The molecule has 0 aromatic rings. The summed E-state index contributed by atoms with van der Waals surface area (Å²) < 4.78 is 0.